The minimum absolute atomic E-state index is 0.0392. The smallest absolute Gasteiger partial charge is 0.269 e. The van der Waals surface area contributed by atoms with Gasteiger partial charge in [0.2, 0.25) is 5.56 Å². The van der Waals surface area contributed by atoms with Gasteiger partial charge in [-0.3, -0.25) is 14.7 Å². The molecule has 1 amide bonds. The first-order valence-corrected chi connectivity index (χ1v) is 8.18. The van der Waals surface area contributed by atoms with Crippen molar-refractivity contribution in [3.63, 3.8) is 0 Å². The van der Waals surface area contributed by atoms with Gasteiger partial charge in [0, 0.05) is 28.8 Å². The Morgan fingerprint density at radius 1 is 1.19 bits per heavy atom. The normalized spacial score (nSPS) is 11.0. The molecule has 0 aliphatic carbocycles. The molecule has 0 spiro atoms. The van der Waals surface area contributed by atoms with Crippen molar-refractivity contribution in [2.45, 2.75) is 6.92 Å². The Hall–Kier alpha value is -3.94. The lowest BCUT2D eigenvalue weighted by molar-refractivity contribution is 0.0996. The third kappa shape index (κ3) is 2.73. The summed E-state index contributed by atoms with van der Waals surface area (Å²) in [6.07, 6.45) is 3.22. The SMILES string of the molecule is Cc1ccc2[nH]ncc2c1-c1cc(-c2cc[nH]c(=O)c2)nc(C(N)=O)c1N. The Bertz CT molecular complexity index is 1250. The Labute approximate surface area is 153 Å². The van der Waals surface area contributed by atoms with Crippen molar-refractivity contribution in [3.05, 3.63) is 64.3 Å². The van der Waals surface area contributed by atoms with Crippen LogP contribution in [0.25, 0.3) is 33.3 Å². The topological polar surface area (TPSA) is 144 Å². The Kier molecular flexibility index (Phi) is 3.73. The highest BCUT2D eigenvalue weighted by Gasteiger charge is 2.19. The highest BCUT2D eigenvalue weighted by molar-refractivity contribution is 6.05. The number of carbonyl (C=O) groups is 1. The lowest BCUT2D eigenvalue weighted by Gasteiger charge is -2.14. The van der Waals surface area contributed by atoms with Crippen LogP contribution < -0.4 is 17.0 Å². The van der Waals surface area contributed by atoms with Crippen LogP contribution in [0.3, 0.4) is 0 Å². The molecule has 0 fully saturated rings. The number of nitrogen functional groups attached to an aromatic ring is 1. The van der Waals surface area contributed by atoms with E-state index in [0.29, 0.717) is 16.8 Å². The van der Waals surface area contributed by atoms with Gasteiger partial charge in [0.25, 0.3) is 5.91 Å². The summed E-state index contributed by atoms with van der Waals surface area (Å²) in [5.41, 5.74) is 15.8. The van der Waals surface area contributed by atoms with Crippen LogP contribution in [0, 0.1) is 6.92 Å². The van der Waals surface area contributed by atoms with E-state index in [0.717, 1.165) is 22.0 Å². The van der Waals surface area contributed by atoms with Gasteiger partial charge in [-0.2, -0.15) is 5.10 Å². The van der Waals surface area contributed by atoms with Crippen LogP contribution in [0.1, 0.15) is 16.1 Å². The maximum atomic E-state index is 11.9. The molecule has 0 aliphatic heterocycles. The van der Waals surface area contributed by atoms with Gasteiger partial charge in [0.05, 0.1) is 23.1 Å². The van der Waals surface area contributed by atoms with E-state index in [2.05, 4.69) is 20.2 Å². The van der Waals surface area contributed by atoms with E-state index in [9.17, 15) is 9.59 Å². The molecule has 3 aromatic heterocycles. The first-order valence-electron chi connectivity index (χ1n) is 8.18. The molecule has 0 saturated heterocycles. The summed E-state index contributed by atoms with van der Waals surface area (Å²) in [6, 6.07) is 8.71. The third-order valence-electron chi connectivity index (χ3n) is 4.46. The van der Waals surface area contributed by atoms with E-state index >= 15 is 0 Å². The molecular weight excluding hydrogens is 344 g/mol. The van der Waals surface area contributed by atoms with E-state index in [1.165, 1.54) is 12.3 Å². The number of nitrogens with two attached hydrogens (primary N) is 2. The van der Waals surface area contributed by atoms with Crippen LogP contribution in [0.2, 0.25) is 0 Å². The van der Waals surface area contributed by atoms with Gasteiger partial charge in [-0.05, 0) is 36.2 Å². The molecular formula is C19H16N6O2. The van der Waals surface area contributed by atoms with Crippen LogP contribution in [0.4, 0.5) is 5.69 Å². The number of pyridine rings is 2. The van der Waals surface area contributed by atoms with Gasteiger partial charge >= 0.3 is 0 Å². The van der Waals surface area contributed by atoms with Gasteiger partial charge in [0.1, 0.15) is 0 Å². The highest BCUT2D eigenvalue weighted by Crippen LogP contribution is 2.37. The Balaban J connectivity index is 2.08. The van der Waals surface area contributed by atoms with Crippen molar-refractivity contribution >= 4 is 22.5 Å². The number of benzene rings is 1. The van der Waals surface area contributed by atoms with Crippen molar-refractivity contribution < 1.29 is 4.79 Å². The molecule has 27 heavy (non-hydrogen) atoms. The monoisotopic (exact) mass is 360 g/mol. The number of amides is 1. The van der Waals surface area contributed by atoms with Crippen molar-refractivity contribution in [1.82, 2.24) is 20.2 Å². The second-order valence-electron chi connectivity index (χ2n) is 6.21. The van der Waals surface area contributed by atoms with Gasteiger partial charge < -0.3 is 16.5 Å². The molecule has 3 heterocycles. The predicted octanol–water partition coefficient (Wildman–Crippen LogP) is 1.97. The zero-order valence-electron chi connectivity index (χ0n) is 14.4. The van der Waals surface area contributed by atoms with Crippen molar-refractivity contribution in [2.75, 3.05) is 5.73 Å². The van der Waals surface area contributed by atoms with Gasteiger partial charge in [0.15, 0.2) is 5.69 Å². The lowest BCUT2D eigenvalue weighted by Crippen LogP contribution is -2.17. The zero-order chi connectivity index (χ0) is 19.1. The number of hydrogen-bond donors (Lipinski definition) is 4. The summed E-state index contributed by atoms with van der Waals surface area (Å²) < 4.78 is 0. The average Bonchev–Trinajstić information content (AvgIpc) is 3.11. The highest BCUT2D eigenvalue weighted by atomic mass is 16.1. The van der Waals surface area contributed by atoms with E-state index in [4.69, 9.17) is 11.5 Å². The van der Waals surface area contributed by atoms with E-state index < -0.39 is 5.91 Å². The molecule has 0 unspecified atom stereocenters. The first-order chi connectivity index (χ1) is 13.0. The number of fused-ring (bicyclic) bond motifs is 1. The van der Waals surface area contributed by atoms with Gasteiger partial charge in [-0.15, -0.1) is 0 Å². The second kappa shape index (κ2) is 6.10. The number of hydrogen-bond acceptors (Lipinski definition) is 5. The number of H-pyrrole nitrogens is 2. The summed E-state index contributed by atoms with van der Waals surface area (Å²) in [6.45, 7) is 1.94. The Morgan fingerprint density at radius 3 is 2.74 bits per heavy atom. The minimum Gasteiger partial charge on any atom is -0.396 e. The molecule has 4 rings (SSSR count). The van der Waals surface area contributed by atoms with Crippen LogP contribution >= 0.6 is 0 Å². The fourth-order valence-electron chi connectivity index (χ4n) is 3.19. The van der Waals surface area contributed by atoms with Crippen LogP contribution in [0.15, 0.2) is 47.5 Å². The minimum atomic E-state index is -0.738. The quantitative estimate of drug-likeness (QED) is 0.441. The number of carbonyl (C=O) groups excluding carboxylic acids is 1. The number of primary amides is 1. The van der Waals surface area contributed by atoms with E-state index in [1.807, 2.05) is 19.1 Å². The second-order valence-corrected chi connectivity index (χ2v) is 6.21. The van der Waals surface area contributed by atoms with Crippen molar-refractivity contribution in [1.29, 1.82) is 0 Å². The molecule has 0 saturated carbocycles. The number of rotatable bonds is 3. The molecule has 0 atom stereocenters. The number of nitrogens with one attached hydrogen (secondary N) is 2. The summed E-state index contributed by atoms with van der Waals surface area (Å²) >= 11 is 0. The summed E-state index contributed by atoms with van der Waals surface area (Å²) in [5, 5.41) is 7.87. The van der Waals surface area contributed by atoms with Crippen LogP contribution in [-0.2, 0) is 0 Å². The molecule has 4 aromatic rings. The molecule has 0 bridgehead atoms. The molecule has 6 N–H and O–H groups in total. The number of aryl methyl sites for hydroxylation is 1. The fourth-order valence-corrected chi connectivity index (χ4v) is 3.19. The van der Waals surface area contributed by atoms with Crippen LogP contribution in [-0.4, -0.2) is 26.1 Å². The summed E-state index contributed by atoms with van der Waals surface area (Å²) in [5.74, 6) is -0.738. The number of aromatic amines is 2. The molecule has 0 aliphatic rings. The van der Waals surface area contributed by atoms with Crippen molar-refractivity contribution in [2.24, 2.45) is 5.73 Å². The maximum Gasteiger partial charge on any atom is 0.269 e. The molecule has 1 aromatic carbocycles. The lowest BCUT2D eigenvalue weighted by atomic mass is 9.94. The van der Waals surface area contributed by atoms with Crippen molar-refractivity contribution in [3.8, 4) is 22.4 Å². The summed E-state index contributed by atoms with van der Waals surface area (Å²) in [7, 11) is 0. The zero-order valence-corrected chi connectivity index (χ0v) is 14.4. The predicted molar refractivity (Wildman–Crippen MR) is 103 cm³/mol. The first kappa shape index (κ1) is 16.5. The standard InChI is InChI=1S/C19H16N6O2/c1-9-2-3-13-12(8-23-25-13)16(9)11-7-14(10-4-5-22-15(26)6-10)24-18(17(11)20)19(21)27/h2-8H,20H2,1H3,(H2,21,27)(H,22,26)(H,23,25). The van der Waals surface area contributed by atoms with Crippen LogP contribution in [0.5, 0.6) is 0 Å². The van der Waals surface area contributed by atoms with E-state index in [-0.39, 0.29) is 16.9 Å². The Morgan fingerprint density at radius 2 is 2.00 bits per heavy atom. The largest absolute Gasteiger partial charge is 0.396 e. The maximum absolute atomic E-state index is 11.9. The third-order valence-corrected chi connectivity index (χ3v) is 4.46. The molecule has 8 heteroatoms. The molecule has 134 valence electrons. The number of anilines is 1. The average molecular weight is 360 g/mol. The summed E-state index contributed by atoms with van der Waals surface area (Å²) in [4.78, 5) is 30.5. The fraction of sp³-hybridized carbons (Fsp3) is 0.0526. The number of nitrogens with zero attached hydrogens (tertiary/aromatic N) is 2. The molecule has 0 radical (unpaired) electrons. The van der Waals surface area contributed by atoms with Gasteiger partial charge in [-0.1, -0.05) is 6.07 Å². The number of aromatic nitrogens is 4. The molecule has 8 nitrogen and oxygen atoms in total. The van der Waals surface area contributed by atoms with Gasteiger partial charge in [-0.25, -0.2) is 4.98 Å². The van der Waals surface area contributed by atoms with E-state index in [1.54, 1.807) is 18.3 Å².